The van der Waals surface area contributed by atoms with Gasteiger partial charge in [0, 0.05) is 39.4 Å². The van der Waals surface area contributed by atoms with Crippen LogP contribution >= 0.6 is 0 Å². The molecule has 2 fully saturated rings. The Morgan fingerprint density at radius 1 is 0.485 bits per heavy atom. The minimum Gasteiger partial charge on any atom is -0.334 e. The summed E-state index contributed by atoms with van der Waals surface area (Å²) in [5.41, 5.74) is 25.2. The number of fused-ring (bicyclic) bond motifs is 10. The highest BCUT2D eigenvalue weighted by atomic mass is 15.3. The summed E-state index contributed by atoms with van der Waals surface area (Å²) in [5.74, 6) is 0.114. The molecular weight excluding hydrogens is 799 g/mol. The minimum absolute atomic E-state index is 0.00346. The lowest BCUT2D eigenvalue weighted by atomic mass is 9.61. The van der Waals surface area contributed by atoms with Gasteiger partial charge < -0.3 is 14.7 Å². The van der Waals surface area contributed by atoms with E-state index in [0.717, 1.165) is 6.42 Å². The van der Waals surface area contributed by atoms with Crippen LogP contribution in [0.2, 0.25) is 0 Å². The van der Waals surface area contributed by atoms with Gasteiger partial charge in [0.2, 0.25) is 0 Å². The normalized spacial score (nSPS) is 26.9. The molecule has 6 aromatic rings. The van der Waals surface area contributed by atoms with Crippen molar-refractivity contribution in [2.75, 3.05) is 14.7 Å². The highest BCUT2D eigenvalue weighted by Gasteiger charge is 2.63. The molecule has 3 heteroatoms. The molecule has 66 heavy (non-hydrogen) atoms. The summed E-state index contributed by atoms with van der Waals surface area (Å²) < 4.78 is 0. The molecule has 0 amide bonds. The summed E-state index contributed by atoms with van der Waals surface area (Å²) in [6, 6.07) is 43.6. The topological polar surface area (TPSA) is 9.72 Å². The maximum Gasteiger partial charge on any atom is 0.0545 e. The minimum atomic E-state index is -0.106. The summed E-state index contributed by atoms with van der Waals surface area (Å²) in [4.78, 5) is 8.54. The predicted octanol–water partition coefficient (Wildman–Crippen LogP) is 17.3. The molecule has 5 unspecified atom stereocenters. The van der Waals surface area contributed by atoms with E-state index >= 15 is 0 Å². The number of nitrogens with zero attached hydrogens (tertiary/aromatic N) is 3. The highest BCUT2D eigenvalue weighted by Crippen LogP contribution is 2.71. The average Bonchev–Trinajstić information content (AvgIpc) is 3.63. The molecule has 0 bridgehead atoms. The van der Waals surface area contributed by atoms with Gasteiger partial charge in [0.1, 0.15) is 0 Å². The van der Waals surface area contributed by atoms with Crippen LogP contribution in [0.1, 0.15) is 177 Å². The lowest BCUT2D eigenvalue weighted by molar-refractivity contribution is 0.193. The number of hydrogen-bond donors (Lipinski definition) is 0. The number of hydrogen-bond acceptors (Lipinski definition) is 3. The van der Waals surface area contributed by atoms with Gasteiger partial charge in [-0.2, -0.15) is 0 Å². The lowest BCUT2D eigenvalue weighted by Gasteiger charge is -2.54. The Bertz CT molecular complexity index is 3020. The largest absolute Gasteiger partial charge is 0.334 e. The fourth-order valence-electron chi connectivity index (χ4n) is 14.9. The van der Waals surface area contributed by atoms with Crippen molar-refractivity contribution in [3.05, 3.63) is 159 Å². The summed E-state index contributed by atoms with van der Waals surface area (Å²) in [6.45, 7) is 29.6. The Morgan fingerprint density at radius 2 is 1.14 bits per heavy atom. The first kappa shape index (κ1) is 42.1. The van der Waals surface area contributed by atoms with Crippen LogP contribution in [0.5, 0.6) is 0 Å². The quantitative estimate of drug-likeness (QED) is 0.175. The maximum absolute atomic E-state index is 2.96. The van der Waals surface area contributed by atoms with E-state index < -0.39 is 0 Å². The van der Waals surface area contributed by atoms with Gasteiger partial charge in [-0.1, -0.05) is 148 Å². The van der Waals surface area contributed by atoms with Gasteiger partial charge in [-0.3, -0.25) is 0 Å². The second-order valence-corrected chi connectivity index (χ2v) is 24.5. The summed E-state index contributed by atoms with van der Waals surface area (Å²) in [7, 11) is 0. The van der Waals surface area contributed by atoms with E-state index in [1.807, 2.05) is 0 Å². The molecule has 5 atom stereocenters. The van der Waals surface area contributed by atoms with Gasteiger partial charge in [0.05, 0.1) is 33.8 Å². The number of aryl methyl sites for hydroxylation is 2. The fourth-order valence-corrected chi connectivity index (χ4v) is 14.9. The van der Waals surface area contributed by atoms with Crippen LogP contribution < -0.4 is 14.7 Å². The molecule has 0 spiro atoms. The molecule has 2 saturated carbocycles. The first-order chi connectivity index (χ1) is 31.3. The number of rotatable bonds is 3. The smallest absolute Gasteiger partial charge is 0.0545 e. The molecule has 4 heterocycles. The van der Waals surface area contributed by atoms with Crippen molar-refractivity contribution in [1.29, 1.82) is 0 Å². The predicted molar refractivity (Wildman–Crippen MR) is 280 cm³/mol. The van der Waals surface area contributed by atoms with Gasteiger partial charge in [-0.15, -0.1) is 0 Å². The van der Waals surface area contributed by atoms with E-state index in [9.17, 15) is 0 Å². The van der Waals surface area contributed by atoms with E-state index in [4.69, 9.17) is 0 Å². The van der Waals surface area contributed by atoms with Crippen LogP contribution in [0.3, 0.4) is 0 Å². The molecule has 2 aliphatic carbocycles. The molecule has 6 aromatic carbocycles. The molecule has 12 rings (SSSR count). The average molecular weight is 870 g/mol. The Labute approximate surface area is 396 Å². The summed E-state index contributed by atoms with van der Waals surface area (Å²) >= 11 is 0. The third-order valence-electron chi connectivity index (χ3n) is 18.9. The third-order valence-corrected chi connectivity index (χ3v) is 18.9. The van der Waals surface area contributed by atoms with Gasteiger partial charge in [0.25, 0.3) is 0 Å². The van der Waals surface area contributed by atoms with E-state index in [2.05, 4.69) is 207 Å². The Morgan fingerprint density at radius 3 is 1.85 bits per heavy atom. The molecule has 0 N–H and O–H groups in total. The second kappa shape index (κ2) is 13.7. The van der Waals surface area contributed by atoms with Crippen LogP contribution in [0, 0.1) is 13.8 Å². The van der Waals surface area contributed by atoms with Crippen molar-refractivity contribution in [2.45, 2.75) is 173 Å². The molecule has 0 radical (unpaired) electrons. The van der Waals surface area contributed by atoms with E-state index in [1.165, 1.54) is 140 Å². The van der Waals surface area contributed by atoms with Crippen molar-refractivity contribution in [3.63, 3.8) is 0 Å². The maximum atomic E-state index is 2.96. The Kier molecular flexibility index (Phi) is 8.72. The van der Waals surface area contributed by atoms with Crippen molar-refractivity contribution in [1.82, 2.24) is 0 Å². The number of anilines is 7. The molecule has 6 aliphatic rings. The Hall–Kier alpha value is -5.28. The van der Waals surface area contributed by atoms with Crippen molar-refractivity contribution < 1.29 is 0 Å². The van der Waals surface area contributed by atoms with Crippen molar-refractivity contribution >= 4 is 39.8 Å². The van der Waals surface area contributed by atoms with Gasteiger partial charge in [-0.25, -0.2) is 0 Å². The highest BCUT2D eigenvalue weighted by molar-refractivity contribution is 6.00. The molecule has 0 aromatic heterocycles. The van der Waals surface area contributed by atoms with Crippen LogP contribution in [-0.2, 0) is 21.7 Å². The monoisotopic (exact) mass is 870 g/mol. The molecule has 3 nitrogen and oxygen atoms in total. The zero-order valence-corrected chi connectivity index (χ0v) is 42.0. The molecule has 338 valence electrons. The van der Waals surface area contributed by atoms with E-state index in [1.54, 1.807) is 5.56 Å². The molecule has 0 saturated heterocycles. The third kappa shape index (κ3) is 5.38. The van der Waals surface area contributed by atoms with Gasteiger partial charge in [0.15, 0.2) is 0 Å². The van der Waals surface area contributed by atoms with Crippen LogP contribution in [0.15, 0.2) is 109 Å². The lowest BCUT2D eigenvalue weighted by Crippen LogP contribution is -2.56. The van der Waals surface area contributed by atoms with Crippen LogP contribution in [-0.4, -0.2) is 11.1 Å². The zero-order valence-electron chi connectivity index (χ0n) is 42.0. The molecular formula is C63H71N3. The summed E-state index contributed by atoms with van der Waals surface area (Å²) in [6.07, 6.45) is 9.82. The first-order valence-corrected chi connectivity index (χ1v) is 25.5. The van der Waals surface area contributed by atoms with Gasteiger partial charge >= 0.3 is 0 Å². The van der Waals surface area contributed by atoms with Gasteiger partial charge in [-0.05, 0) is 162 Å². The molecule has 4 aliphatic heterocycles. The van der Waals surface area contributed by atoms with Crippen LogP contribution in [0.4, 0.5) is 39.8 Å². The SMILES string of the molecule is Cc1cc(C)c2c3c1C1c4ccc(C(C)(C)C)cc4N(c4cccc(C(C)(C)C)c4)c4cc(N5c6ccc(-c7ccccc7)cc6C6(C)CCCCC56C)cc(c41)N3C1(C)CCCCC21C. The van der Waals surface area contributed by atoms with Crippen molar-refractivity contribution in [2.24, 2.45) is 0 Å². The zero-order chi connectivity index (χ0) is 46.1. The standard InChI is InChI=1S/C63H71N3/c1-39-33-40(2)56-57-53(39)54-47-27-26-44(59(6,7)8)36-50(47)64(45-24-20-23-43(35-45)58(3,4)5)51-37-46(38-52(55(51)54)66(57)63(12)32-19-17-30-61(56,63)10)65-49-28-25-42(41-21-14-13-15-22-41)34-48(49)60(9)29-16-18-31-62(60,65)11/h13-15,20-28,33-38,54H,16-19,29-32H2,1-12H3. The number of benzene rings is 6. The van der Waals surface area contributed by atoms with Crippen molar-refractivity contribution in [3.8, 4) is 11.1 Å². The van der Waals surface area contributed by atoms with E-state index in [-0.39, 0.29) is 38.7 Å². The fraction of sp³-hybridized carbons (Fsp3) is 0.429. The first-order valence-electron chi connectivity index (χ1n) is 25.5. The summed E-state index contributed by atoms with van der Waals surface area (Å²) in [5, 5.41) is 0. The Balaban J connectivity index is 1.21. The second-order valence-electron chi connectivity index (χ2n) is 24.5. The van der Waals surface area contributed by atoms with E-state index in [0.29, 0.717) is 0 Å². The van der Waals surface area contributed by atoms with Crippen LogP contribution in [0.25, 0.3) is 11.1 Å².